The van der Waals surface area contributed by atoms with Crippen LogP contribution in [0.1, 0.15) is 19.8 Å². The van der Waals surface area contributed by atoms with Crippen molar-refractivity contribution in [1.82, 2.24) is 0 Å². The lowest BCUT2D eigenvalue weighted by Gasteiger charge is -2.24. The van der Waals surface area contributed by atoms with Gasteiger partial charge in [0.1, 0.15) is 23.3 Å². The first-order chi connectivity index (χ1) is 8.31. The van der Waals surface area contributed by atoms with Crippen LogP contribution >= 0.6 is 0 Å². The second-order valence-electron chi connectivity index (χ2n) is 4.03. The van der Waals surface area contributed by atoms with Crippen LogP contribution < -0.4 is 15.2 Å². The SMILES string of the molecule is CCOc1cccc(OC2CCOCC2)c1N. The quantitative estimate of drug-likeness (QED) is 0.816. The van der Waals surface area contributed by atoms with Crippen molar-refractivity contribution in [3.63, 3.8) is 0 Å². The fourth-order valence-corrected chi connectivity index (χ4v) is 1.88. The van der Waals surface area contributed by atoms with Gasteiger partial charge in [-0.2, -0.15) is 0 Å². The van der Waals surface area contributed by atoms with Crippen LogP contribution in [-0.2, 0) is 4.74 Å². The van der Waals surface area contributed by atoms with Gasteiger partial charge in [0.2, 0.25) is 0 Å². The minimum absolute atomic E-state index is 0.197. The Morgan fingerprint density at radius 2 is 2.00 bits per heavy atom. The standard InChI is InChI=1S/C13H19NO3/c1-2-16-11-4-3-5-12(13(11)14)17-10-6-8-15-9-7-10/h3-5,10H,2,6-9,14H2,1H3. The molecule has 1 aliphatic rings. The van der Waals surface area contributed by atoms with Crippen LogP contribution in [0, 0.1) is 0 Å². The molecule has 1 saturated heterocycles. The first kappa shape index (κ1) is 12.0. The first-order valence-corrected chi connectivity index (χ1v) is 6.07. The topological polar surface area (TPSA) is 53.7 Å². The average Bonchev–Trinajstić information content (AvgIpc) is 2.36. The van der Waals surface area contributed by atoms with Crippen LogP contribution in [-0.4, -0.2) is 25.9 Å². The molecule has 0 saturated carbocycles. The monoisotopic (exact) mass is 237 g/mol. The van der Waals surface area contributed by atoms with E-state index >= 15 is 0 Å². The zero-order chi connectivity index (χ0) is 12.1. The molecular formula is C13H19NO3. The van der Waals surface area contributed by atoms with E-state index in [0.717, 1.165) is 26.1 Å². The Morgan fingerprint density at radius 1 is 1.29 bits per heavy atom. The van der Waals surface area contributed by atoms with Gasteiger partial charge in [-0.3, -0.25) is 0 Å². The summed E-state index contributed by atoms with van der Waals surface area (Å²) in [6, 6.07) is 5.64. The second kappa shape index (κ2) is 5.77. The Labute approximate surface area is 102 Å². The molecule has 4 nitrogen and oxygen atoms in total. The Balaban J connectivity index is 2.06. The van der Waals surface area contributed by atoms with Gasteiger partial charge in [0.05, 0.1) is 19.8 Å². The largest absolute Gasteiger partial charge is 0.492 e. The van der Waals surface area contributed by atoms with Gasteiger partial charge >= 0.3 is 0 Å². The van der Waals surface area contributed by atoms with Crippen molar-refractivity contribution in [2.75, 3.05) is 25.6 Å². The van der Waals surface area contributed by atoms with Gasteiger partial charge in [-0.15, -0.1) is 0 Å². The number of para-hydroxylation sites is 1. The molecule has 0 aromatic heterocycles. The van der Waals surface area contributed by atoms with Gasteiger partial charge in [-0.25, -0.2) is 0 Å². The molecule has 2 N–H and O–H groups in total. The predicted molar refractivity (Wildman–Crippen MR) is 66.5 cm³/mol. The van der Waals surface area contributed by atoms with Crippen LogP contribution in [0.3, 0.4) is 0 Å². The zero-order valence-electron chi connectivity index (χ0n) is 10.1. The maximum absolute atomic E-state index is 6.01. The van der Waals surface area contributed by atoms with E-state index in [0.29, 0.717) is 23.8 Å². The molecule has 0 aliphatic carbocycles. The highest BCUT2D eigenvalue weighted by Gasteiger charge is 2.17. The molecule has 2 rings (SSSR count). The number of nitrogen functional groups attached to an aromatic ring is 1. The molecule has 1 aromatic carbocycles. The number of anilines is 1. The fraction of sp³-hybridized carbons (Fsp3) is 0.538. The molecule has 0 bridgehead atoms. The maximum atomic E-state index is 6.01. The van der Waals surface area contributed by atoms with Crippen molar-refractivity contribution in [3.8, 4) is 11.5 Å². The molecule has 1 aromatic rings. The van der Waals surface area contributed by atoms with Gasteiger partial charge in [0.25, 0.3) is 0 Å². The molecule has 0 unspecified atom stereocenters. The molecular weight excluding hydrogens is 218 g/mol. The lowest BCUT2D eigenvalue weighted by Crippen LogP contribution is -2.26. The van der Waals surface area contributed by atoms with Crippen LogP contribution in [0.2, 0.25) is 0 Å². The van der Waals surface area contributed by atoms with Crippen LogP contribution in [0.5, 0.6) is 11.5 Å². The maximum Gasteiger partial charge on any atom is 0.146 e. The van der Waals surface area contributed by atoms with E-state index in [1.54, 1.807) is 0 Å². The number of hydrogen-bond donors (Lipinski definition) is 1. The van der Waals surface area contributed by atoms with Gasteiger partial charge in [-0.1, -0.05) is 6.07 Å². The summed E-state index contributed by atoms with van der Waals surface area (Å²) in [5.41, 5.74) is 6.59. The molecule has 94 valence electrons. The van der Waals surface area contributed by atoms with E-state index in [-0.39, 0.29) is 6.10 Å². The summed E-state index contributed by atoms with van der Waals surface area (Å²) < 4.78 is 16.6. The molecule has 0 spiro atoms. The summed E-state index contributed by atoms with van der Waals surface area (Å²) in [4.78, 5) is 0. The third-order valence-corrected chi connectivity index (χ3v) is 2.79. The van der Waals surface area contributed by atoms with Gasteiger partial charge in [0.15, 0.2) is 0 Å². The molecule has 1 fully saturated rings. The van der Waals surface area contributed by atoms with E-state index in [1.807, 2.05) is 25.1 Å². The van der Waals surface area contributed by atoms with E-state index < -0.39 is 0 Å². The van der Waals surface area contributed by atoms with Gasteiger partial charge in [0, 0.05) is 12.8 Å². The van der Waals surface area contributed by atoms with Crippen LogP contribution in [0.15, 0.2) is 18.2 Å². The van der Waals surface area contributed by atoms with Crippen LogP contribution in [0.25, 0.3) is 0 Å². The van der Waals surface area contributed by atoms with Crippen molar-refractivity contribution in [2.24, 2.45) is 0 Å². The summed E-state index contributed by atoms with van der Waals surface area (Å²) in [5.74, 6) is 1.40. The van der Waals surface area contributed by atoms with Crippen molar-refractivity contribution in [2.45, 2.75) is 25.9 Å². The normalized spacial score (nSPS) is 16.8. The Bertz CT molecular complexity index is 362. The number of hydrogen-bond acceptors (Lipinski definition) is 4. The highest BCUT2D eigenvalue weighted by molar-refractivity contribution is 5.62. The Hall–Kier alpha value is -1.42. The van der Waals surface area contributed by atoms with E-state index in [1.165, 1.54) is 0 Å². The summed E-state index contributed by atoms with van der Waals surface area (Å²) >= 11 is 0. The predicted octanol–water partition coefficient (Wildman–Crippen LogP) is 2.23. The van der Waals surface area contributed by atoms with E-state index in [9.17, 15) is 0 Å². The first-order valence-electron chi connectivity index (χ1n) is 6.07. The average molecular weight is 237 g/mol. The molecule has 1 heterocycles. The highest BCUT2D eigenvalue weighted by atomic mass is 16.5. The number of benzene rings is 1. The van der Waals surface area contributed by atoms with Crippen LogP contribution in [0.4, 0.5) is 5.69 Å². The van der Waals surface area contributed by atoms with Gasteiger partial charge < -0.3 is 19.9 Å². The number of ether oxygens (including phenoxy) is 3. The van der Waals surface area contributed by atoms with Crippen molar-refractivity contribution < 1.29 is 14.2 Å². The third-order valence-electron chi connectivity index (χ3n) is 2.79. The fourth-order valence-electron chi connectivity index (χ4n) is 1.88. The third kappa shape index (κ3) is 3.03. The minimum Gasteiger partial charge on any atom is -0.492 e. The molecule has 1 aliphatic heterocycles. The Kier molecular flexibility index (Phi) is 4.09. The summed E-state index contributed by atoms with van der Waals surface area (Å²) in [7, 11) is 0. The Morgan fingerprint density at radius 3 is 2.71 bits per heavy atom. The lowest BCUT2D eigenvalue weighted by molar-refractivity contribution is 0.0258. The minimum atomic E-state index is 0.197. The summed E-state index contributed by atoms with van der Waals surface area (Å²) in [6.45, 7) is 4.06. The summed E-state index contributed by atoms with van der Waals surface area (Å²) in [5, 5.41) is 0. The molecule has 4 heteroatoms. The molecule has 0 amide bonds. The lowest BCUT2D eigenvalue weighted by atomic mass is 10.1. The van der Waals surface area contributed by atoms with E-state index in [2.05, 4.69) is 0 Å². The van der Waals surface area contributed by atoms with Crippen molar-refractivity contribution in [3.05, 3.63) is 18.2 Å². The molecule has 0 radical (unpaired) electrons. The smallest absolute Gasteiger partial charge is 0.146 e. The molecule has 0 atom stereocenters. The number of nitrogens with two attached hydrogens (primary N) is 1. The second-order valence-corrected chi connectivity index (χ2v) is 4.03. The van der Waals surface area contributed by atoms with Gasteiger partial charge in [-0.05, 0) is 19.1 Å². The summed E-state index contributed by atoms with van der Waals surface area (Å²) in [6.07, 6.45) is 2.03. The van der Waals surface area contributed by atoms with E-state index in [4.69, 9.17) is 19.9 Å². The number of rotatable bonds is 4. The van der Waals surface area contributed by atoms with Crippen molar-refractivity contribution in [1.29, 1.82) is 0 Å². The zero-order valence-corrected chi connectivity index (χ0v) is 10.1. The molecule has 17 heavy (non-hydrogen) atoms. The highest BCUT2D eigenvalue weighted by Crippen LogP contribution is 2.32. The van der Waals surface area contributed by atoms with Crippen molar-refractivity contribution >= 4 is 5.69 Å².